The third-order valence-electron chi connectivity index (χ3n) is 3.30. The van der Waals surface area contributed by atoms with Gasteiger partial charge in [-0.05, 0) is 24.1 Å². The first kappa shape index (κ1) is 9.34. The van der Waals surface area contributed by atoms with Crippen LogP contribution in [-0.2, 0) is 0 Å². The van der Waals surface area contributed by atoms with Crippen molar-refractivity contribution in [3.8, 4) is 0 Å². The van der Waals surface area contributed by atoms with Crippen LogP contribution in [-0.4, -0.2) is 5.71 Å². The maximum atomic E-state index is 4.53. The van der Waals surface area contributed by atoms with Gasteiger partial charge < -0.3 is 0 Å². The second-order valence-electron chi connectivity index (χ2n) is 4.34. The molecule has 1 heteroatoms. The van der Waals surface area contributed by atoms with Crippen molar-refractivity contribution in [2.45, 2.75) is 6.42 Å². The summed E-state index contributed by atoms with van der Waals surface area (Å²) in [7, 11) is 0. The van der Waals surface area contributed by atoms with E-state index in [2.05, 4.69) is 48.0 Å². The van der Waals surface area contributed by atoms with Crippen LogP contribution in [0.5, 0.6) is 0 Å². The number of hydrogen-bond donors (Lipinski definition) is 0. The summed E-state index contributed by atoms with van der Waals surface area (Å²) in [5, 5.41) is 0. The maximum absolute atomic E-state index is 4.53. The van der Waals surface area contributed by atoms with Crippen LogP contribution in [0.1, 0.15) is 6.42 Å². The Balaban J connectivity index is 2.24. The zero-order chi connectivity index (χ0) is 11.0. The van der Waals surface area contributed by atoms with Gasteiger partial charge in [0.15, 0.2) is 0 Å². The Morgan fingerprint density at radius 1 is 1.12 bits per heavy atom. The number of hydrogen-bond acceptors (Lipinski definition) is 1. The molecule has 1 unspecified atom stereocenters. The van der Waals surface area contributed by atoms with Crippen LogP contribution in [0.4, 0.5) is 0 Å². The Hall–Kier alpha value is -1.89. The van der Waals surface area contributed by atoms with Crippen molar-refractivity contribution in [2.75, 3.05) is 0 Å². The summed E-state index contributed by atoms with van der Waals surface area (Å²) in [5.41, 5.74) is 3.49. The fourth-order valence-corrected chi connectivity index (χ4v) is 2.50. The highest BCUT2D eigenvalue weighted by Crippen LogP contribution is 2.44. The van der Waals surface area contributed by atoms with Gasteiger partial charge in [-0.15, -0.1) is 0 Å². The molecule has 0 amide bonds. The summed E-state index contributed by atoms with van der Waals surface area (Å²) in [6.45, 7) is 4.07. The maximum Gasteiger partial charge on any atom is 0.0597 e. The molecule has 0 radical (unpaired) electrons. The van der Waals surface area contributed by atoms with Gasteiger partial charge in [0.05, 0.1) is 11.1 Å². The monoisotopic (exact) mass is 207 g/mol. The largest absolute Gasteiger partial charge is 0.260 e. The lowest BCUT2D eigenvalue weighted by Crippen LogP contribution is -2.32. The zero-order valence-electron chi connectivity index (χ0n) is 9.06. The molecule has 0 fully saturated rings. The molecule has 0 aromatic carbocycles. The first-order chi connectivity index (χ1) is 7.81. The van der Waals surface area contributed by atoms with E-state index in [0.29, 0.717) is 0 Å². The van der Waals surface area contributed by atoms with Gasteiger partial charge >= 0.3 is 0 Å². The molecule has 1 atom stereocenters. The van der Waals surface area contributed by atoms with E-state index in [0.717, 1.165) is 17.7 Å². The first-order valence-corrected chi connectivity index (χ1v) is 5.49. The van der Waals surface area contributed by atoms with Gasteiger partial charge in [-0.25, -0.2) is 0 Å². The molecule has 3 rings (SSSR count). The minimum Gasteiger partial charge on any atom is -0.260 e. The van der Waals surface area contributed by atoms with E-state index in [1.54, 1.807) is 0 Å². The van der Waals surface area contributed by atoms with Crippen LogP contribution >= 0.6 is 0 Å². The van der Waals surface area contributed by atoms with Gasteiger partial charge in [0.2, 0.25) is 0 Å². The van der Waals surface area contributed by atoms with Crippen molar-refractivity contribution in [2.24, 2.45) is 10.4 Å². The van der Waals surface area contributed by atoms with E-state index in [4.69, 9.17) is 0 Å². The third kappa shape index (κ3) is 1.21. The Bertz CT molecular complexity index is 524. The molecule has 2 aliphatic carbocycles. The molecule has 0 bridgehead atoms. The Morgan fingerprint density at radius 3 is 3.00 bits per heavy atom. The molecule has 0 saturated carbocycles. The van der Waals surface area contributed by atoms with Crippen molar-refractivity contribution in [1.29, 1.82) is 0 Å². The predicted molar refractivity (Wildman–Crippen MR) is 68.3 cm³/mol. The summed E-state index contributed by atoms with van der Waals surface area (Å²) in [4.78, 5) is 4.53. The standard InChI is InChI=1S/C15H13N/c1-12-7-8-13-5-4-10-16-14-6-2-3-9-15(13,14)11-12/h2-10H,1,11H2. The fraction of sp³-hybridized carbons (Fsp3) is 0.133. The minimum absolute atomic E-state index is 0.0793. The van der Waals surface area contributed by atoms with Crippen LogP contribution in [0.2, 0.25) is 0 Å². The van der Waals surface area contributed by atoms with E-state index in [1.165, 1.54) is 5.57 Å². The zero-order valence-corrected chi connectivity index (χ0v) is 9.06. The van der Waals surface area contributed by atoms with Crippen LogP contribution in [0.15, 0.2) is 77.5 Å². The molecule has 0 saturated heterocycles. The quantitative estimate of drug-likeness (QED) is 0.576. The van der Waals surface area contributed by atoms with Gasteiger partial charge in [-0.1, -0.05) is 48.6 Å². The van der Waals surface area contributed by atoms with Gasteiger partial charge in [0.1, 0.15) is 0 Å². The third-order valence-corrected chi connectivity index (χ3v) is 3.30. The van der Waals surface area contributed by atoms with E-state index in [-0.39, 0.29) is 5.41 Å². The van der Waals surface area contributed by atoms with E-state index >= 15 is 0 Å². The minimum atomic E-state index is -0.0793. The van der Waals surface area contributed by atoms with Crippen LogP contribution < -0.4 is 0 Å². The molecule has 0 N–H and O–H groups in total. The SMILES string of the molecule is C=C1C=CC2=CC=CN=C3C=CC=CC23C1. The van der Waals surface area contributed by atoms with Crippen molar-refractivity contribution >= 4 is 5.71 Å². The lowest BCUT2D eigenvalue weighted by molar-refractivity contribution is 0.634. The van der Waals surface area contributed by atoms with E-state index in [1.807, 2.05) is 18.4 Å². The smallest absolute Gasteiger partial charge is 0.0597 e. The van der Waals surface area contributed by atoms with Crippen LogP contribution in [0.3, 0.4) is 0 Å². The Morgan fingerprint density at radius 2 is 2.06 bits per heavy atom. The summed E-state index contributed by atoms with van der Waals surface area (Å²) < 4.78 is 0. The van der Waals surface area contributed by atoms with Gasteiger partial charge in [-0.2, -0.15) is 0 Å². The predicted octanol–water partition coefficient (Wildman–Crippen LogP) is 3.51. The average Bonchev–Trinajstić information content (AvgIpc) is 2.47. The van der Waals surface area contributed by atoms with Crippen LogP contribution in [0, 0.1) is 5.41 Å². The molecule has 3 aliphatic rings. The van der Waals surface area contributed by atoms with Crippen molar-refractivity contribution in [1.82, 2.24) is 0 Å². The first-order valence-electron chi connectivity index (χ1n) is 5.49. The average molecular weight is 207 g/mol. The Labute approximate surface area is 95.6 Å². The molecule has 78 valence electrons. The second-order valence-corrected chi connectivity index (χ2v) is 4.34. The number of nitrogens with zero attached hydrogens (tertiary/aromatic N) is 1. The molecule has 0 aromatic heterocycles. The summed E-state index contributed by atoms with van der Waals surface area (Å²) in [6, 6.07) is 0. The summed E-state index contributed by atoms with van der Waals surface area (Å²) in [5.74, 6) is 0. The van der Waals surface area contributed by atoms with E-state index < -0.39 is 0 Å². The molecule has 1 aliphatic heterocycles. The molecule has 1 nitrogen and oxygen atoms in total. The molecule has 1 heterocycles. The van der Waals surface area contributed by atoms with Crippen molar-refractivity contribution in [3.63, 3.8) is 0 Å². The second kappa shape index (κ2) is 3.31. The fourth-order valence-electron chi connectivity index (χ4n) is 2.50. The highest BCUT2D eigenvalue weighted by Gasteiger charge is 2.38. The summed E-state index contributed by atoms with van der Waals surface area (Å²) >= 11 is 0. The lowest BCUT2D eigenvalue weighted by atomic mass is 9.67. The highest BCUT2D eigenvalue weighted by molar-refractivity contribution is 6.06. The van der Waals surface area contributed by atoms with Crippen molar-refractivity contribution in [3.05, 3.63) is 72.5 Å². The molecule has 0 aromatic rings. The van der Waals surface area contributed by atoms with Gasteiger partial charge in [0, 0.05) is 6.20 Å². The molecular formula is C15H13N. The molecular weight excluding hydrogens is 194 g/mol. The highest BCUT2D eigenvalue weighted by atomic mass is 14.7. The number of aliphatic imine (C=N–C) groups is 1. The molecule has 1 spiro atoms. The normalized spacial score (nSPS) is 30.4. The summed E-state index contributed by atoms with van der Waals surface area (Å²) in [6.07, 6.45) is 19.7. The number of allylic oxidation sites excluding steroid dienone is 10. The lowest BCUT2D eigenvalue weighted by Gasteiger charge is -2.36. The number of rotatable bonds is 0. The van der Waals surface area contributed by atoms with Gasteiger partial charge in [0.25, 0.3) is 0 Å². The van der Waals surface area contributed by atoms with Crippen LogP contribution in [0.25, 0.3) is 0 Å². The van der Waals surface area contributed by atoms with Gasteiger partial charge in [-0.3, -0.25) is 4.99 Å². The topological polar surface area (TPSA) is 12.4 Å². The van der Waals surface area contributed by atoms with Crippen molar-refractivity contribution < 1.29 is 0 Å². The molecule has 16 heavy (non-hydrogen) atoms. The van der Waals surface area contributed by atoms with E-state index in [9.17, 15) is 0 Å². The Kier molecular flexibility index (Phi) is 1.93.